The molecule has 1 aliphatic heterocycles. The Morgan fingerprint density at radius 2 is 2.32 bits per heavy atom. The standard InChI is InChI=1S/C15H24N2OS/c1-2-16-9-11-5-3-7-13-14(11)17-15(19-13)12-6-4-8-18-10-12/h11-12,16H,2-10H2,1H3. The smallest absolute Gasteiger partial charge is 0.0985 e. The fourth-order valence-corrected chi connectivity index (χ4v) is 4.47. The number of nitrogens with one attached hydrogen (secondary N) is 1. The van der Waals surface area contributed by atoms with E-state index in [0.29, 0.717) is 11.8 Å². The predicted molar refractivity (Wildman–Crippen MR) is 79.1 cm³/mol. The van der Waals surface area contributed by atoms with E-state index in [1.807, 2.05) is 11.3 Å². The minimum absolute atomic E-state index is 0.559. The van der Waals surface area contributed by atoms with Gasteiger partial charge in [0.2, 0.25) is 0 Å². The summed E-state index contributed by atoms with van der Waals surface area (Å²) in [5.74, 6) is 1.20. The van der Waals surface area contributed by atoms with E-state index in [1.165, 1.54) is 42.8 Å². The van der Waals surface area contributed by atoms with Crippen molar-refractivity contribution >= 4 is 11.3 Å². The van der Waals surface area contributed by atoms with Crippen molar-refractivity contribution in [3.63, 3.8) is 0 Å². The molecule has 1 N–H and O–H groups in total. The highest BCUT2D eigenvalue weighted by Gasteiger charge is 2.27. The van der Waals surface area contributed by atoms with Crippen LogP contribution >= 0.6 is 11.3 Å². The molecule has 1 fully saturated rings. The minimum atomic E-state index is 0.559. The number of aromatic nitrogens is 1. The number of hydrogen-bond acceptors (Lipinski definition) is 4. The number of hydrogen-bond donors (Lipinski definition) is 1. The maximum absolute atomic E-state index is 5.61. The highest BCUT2D eigenvalue weighted by molar-refractivity contribution is 7.11. The van der Waals surface area contributed by atoms with Crippen molar-refractivity contribution in [1.82, 2.24) is 10.3 Å². The summed E-state index contributed by atoms with van der Waals surface area (Å²) in [5, 5.41) is 4.83. The molecule has 1 saturated heterocycles. The lowest BCUT2D eigenvalue weighted by Gasteiger charge is -2.21. The molecule has 0 bridgehead atoms. The minimum Gasteiger partial charge on any atom is -0.381 e. The molecule has 1 aliphatic carbocycles. The molecule has 2 heterocycles. The molecule has 2 atom stereocenters. The lowest BCUT2D eigenvalue weighted by Crippen LogP contribution is -2.24. The van der Waals surface area contributed by atoms with Crippen molar-refractivity contribution < 1.29 is 4.74 Å². The first-order valence-corrected chi connectivity index (χ1v) is 8.48. The summed E-state index contributed by atoms with van der Waals surface area (Å²) < 4.78 is 5.61. The zero-order valence-electron chi connectivity index (χ0n) is 11.8. The Morgan fingerprint density at radius 3 is 3.11 bits per heavy atom. The molecule has 2 unspecified atom stereocenters. The van der Waals surface area contributed by atoms with Crippen molar-refractivity contribution in [2.24, 2.45) is 0 Å². The van der Waals surface area contributed by atoms with Gasteiger partial charge in [0, 0.05) is 29.9 Å². The molecule has 4 heteroatoms. The molecule has 0 radical (unpaired) electrons. The number of likely N-dealkylation sites (N-methyl/N-ethyl adjacent to an activating group) is 1. The molecule has 19 heavy (non-hydrogen) atoms. The number of fused-ring (bicyclic) bond motifs is 1. The van der Waals surface area contributed by atoms with Gasteiger partial charge in [-0.25, -0.2) is 4.98 Å². The van der Waals surface area contributed by atoms with Gasteiger partial charge in [-0.05, 0) is 38.6 Å². The Kier molecular flexibility index (Phi) is 4.51. The fourth-order valence-electron chi connectivity index (χ4n) is 3.15. The monoisotopic (exact) mass is 280 g/mol. The van der Waals surface area contributed by atoms with Gasteiger partial charge in [0.15, 0.2) is 0 Å². The SMILES string of the molecule is CCNCC1CCCc2sc(C3CCCOC3)nc21. The first-order valence-electron chi connectivity index (χ1n) is 7.66. The van der Waals surface area contributed by atoms with Crippen LogP contribution in [0.1, 0.15) is 60.0 Å². The van der Waals surface area contributed by atoms with Crippen LogP contribution in [-0.2, 0) is 11.2 Å². The number of ether oxygens (including phenoxy) is 1. The molecule has 2 aliphatic rings. The summed E-state index contributed by atoms with van der Waals surface area (Å²) in [7, 11) is 0. The van der Waals surface area contributed by atoms with Gasteiger partial charge in [0.05, 0.1) is 17.3 Å². The maximum Gasteiger partial charge on any atom is 0.0985 e. The molecule has 1 aromatic heterocycles. The van der Waals surface area contributed by atoms with Crippen LogP contribution in [0, 0.1) is 0 Å². The quantitative estimate of drug-likeness (QED) is 0.920. The van der Waals surface area contributed by atoms with Crippen molar-refractivity contribution in [1.29, 1.82) is 0 Å². The number of thiazole rings is 1. The second-order valence-corrected chi connectivity index (χ2v) is 6.79. The Hall–Kier alpha value is -0.450. The number of nitrogens with zero attached hydrogens (tertiary/aromatic N) is 1. The third-order valence-electron chi connectivity index (χ3n) is 4.24. The van der Waals surface area contributed by atoms with Gasteiger partial charge in [0.1, 0.15) is 0 Å². The van der Waals surface area contributed by atoms with Crippen molar-refractivity contribution in [3.05, 3.63) is 15.6 Å². The summed E-state index contributed by atoms with van der Waals surface area (Å²) in [5.41, 5.74) is 1.40. The van der Waals surface area contributed by atoms with Crippen LogP contribution in [0.25, 0.3) is 0 Å². The topological polar surface area (TPSA) is 34.1 Å². The second-order valence-electron chi connectivity index (χ2n) is 5.67. The summed E-state index contributed by atoms with van der Waals surface area (Å²) in [4.78, 5) is 6.56. The highest BCUT2D eigenvalue weighted by atomic mass is 32.1. The Labute approximate surface area is 119 Å². The Morgan fingerprint density at radius 1 is 1.37 bits per heavy atom. The van der Waals surface area contributed by atoms with E-state index in [9.17, 15) is 0 Å². The van der Waals surface area contributed by atoms with E-state index in [-0.39, 0.29) is 0 Å². The average molecular weight is 280 g/mol. The van der Waals surface area contributed by atoms with Gasteiger partial charge in [0.25, 0.3) is 0 Å². The molecule has 0 saturated carbocycles. The molecule has 3 nitrogen and oxygen atoms in total. The van der Waals surface area contributed by atoms with Crippen molar-refractivity contribution in [2.75, 3.05) is 26.3 Å². The molecule has 1 aromatic rings. The van der Waals surface area contributed by atoms with Crippen LogP contribution in [0.5, 0.6) is 0 Å². The van der Waals surface area contributed by atoms with Crippen LogP contribution in [0.15, 0.2) is 0 Å². The van der Waals surface area contributed by atoms with Crippen LogP contribution in [0.2, 0.25) is 0 Å². The largest absolute Gasteiger partial charge is 0.381 e. The van der Waals surface area contributed by atoms with Gasteiger partial charge in [-0.2, -0.15) is 0 Å². The zero-order chi connectivity index (χ0) is 13.1. The lowest BCUT2D eigenvalue weighted by atomic mass is 9.91. The Bertz CT molecular complexity index is 412. The fraction of sp³-hybridized carbons (Fsp3) is 0.800. The molecular weight excluding hydrogens is 256 g/mol. The van der Waals surface area contributed by atoms with E-state index < -0.39 is 0 Å². The van der Waals surface area contributed by atoms with Gasteiger partial charge in [-0.15, -0.1) is 11.3 Å². The first-order chi connectivity index (χ1) is 9.38. The lowest BCUT2D eigenvalue weighted by molar-refractivity contribution is 0.0803. The molecule has 0 spiro atoms. The van der Waals surface area contributed by atoms with E-state index in [2.05, 4.69) is 12.2 Å². The molecule has 106 valence electrons. The van der Waals surface area contributed by atoms with Crippen LogP contribution in [0.4, 0.5) is 0 Å². The molecule has 0 amide bonds. The second kappa shape index (κ2) is 6.33. The Balaban J connectivity index is 1.76. The average Bonchev–Trinajstić information content (AvgIpc) is 2.90. The van der Waals surface area contributed by atoms with Crippen LogP contribution < -0.4 is 5.32 Å². The normalized spacial score (nSPS) is 27.2. The molecule has 3 rings (SSSR count). The first kappa shape index (κ1) is 13.5. The zero-order valence-corrected chi connectivity index (χ0v) is 12.6. The van der Waals surface area contributed by atoms with Crippen LogP contribution in [0.3, 0.4) is 0 Å². The molecule has 0 aromatic carbocycles. The summed E-state index contributed by atoms with van der Waals surface area (Å²) in [6.45, 7) is 6.14. The summed E-state index contributed by atoms with van der Waals surface area (Å²) in [6, 6.07) is 0. The van der Waals surface area contributed by atoms with E-state index in [4.69, 9.17) is 9.72 Å². The van der Waals surface area contributed by atoms with E-state index >= 15 is 0 Å². The summed E-state index contributed by atoms with van der Waals surface area (Å²) >= 11 is 1.96. The number of rotatable bonds is 4. The van der Waals surface area contributed by atoms with E-state index in [1.54, 1.807) is 4.88 Å². The predicted octanol–water partition coefficient (Wildman–Crippen LogP) is 3.07. The van der Waals surface area contributed by atoms with Gasteiger partial charge >= 0.3 is 0 Å². The molecular formula is C15H24N2OS. The van der Waals surface area contributed by atoms with Crippen molar-refractivity contribution in [2.45, 2.75) is 50.9 Å². The van der Waals surface area contributed by atoms with Gasteiger partial charge < -0.3 is 10.1 Å². The highest BCUT2D eigenvalue weighted by Crippen LogP contribution is 2.38. The third kappa shape index (κ3) is 3.01. The van der Waals surface area contributed by atoms with Gasteiger partial charge in [-0.3, -0.25) is 0 Å². The van der Waals surface area contributed by atoms with E-state index in [0.717, 1.165) is 26.3 Å². The number of aryl methyl sites for hydroxylation is 1. The van der Waals surface area contributed by atoms with Gasteiger partial charge in [-0.1, -0.05) is 6.92 Å². The maximum atomic E-state index is 5.61. The van der Waals surface area contributed by atoms with Crippen molar-refractivity contribution in [3.8, 4) is 0 Å². The third-order valence-corrected chi connectivity index (χ3v) is 5.53. The summed E-state index contributed by atoms with van der Waals surface area (Å²) in [6.07, 6.45) is 6.30. The van der Waals surface area contributed by atoms with Crippen LogP contribution in [-0.4, -0.2) is 31.3 Å².